The largest absolute Gasteiger partial charge is 0.309 e. The maximum atomic E-state index is 12.6. The molecule has 114 valence electrons. The van der Waals surface area contributed by atoms with Crippen LogP contribution < -0.4 is 5.32 Å². The summed E-state index contributed by atoms with van der Waals surface area (Å²) in [6.45, 7) is 9.58. The van der Waals surface area contributed by atoms with Crippen LogP contribution >= 0.6 is 0 Å². The van der Waals surface area contributed by atoms with Crippen LogP contribution in [0, 0.1) is 5.92 Å². The number of rotatable bonds is 9. The van der Waals surface area contributed by atoms with Crippen LogP contribution in [0.25, 0.3) is 0 Å². The molecule has 0 fully saturated rings. The summed E-state index contributed by atoms with van der Waals surface area (Å²) in [5.41, 5.74) is 1.24. The highest BCUT2D eigenvalue weighted by Crippen LogP contribution is 2.22. The molecule has 0 amide bonds. The first kappa shape index (κ1) is 17.4. The van der Waals surface area contributed by atoms with Gasteiger partial charge in [-0.15, -0.1) is 0 Å². The number of hydrogen-bond acceptors (Lipinski definition) is 2. The lowest BCUT2D eigenvalue weighted by atomic mass is 10.0. The van der Waals surface area contributed by atoms with Gasteiger partial charge in [0.25, 0.3) is 0 Å². The van der Waals surface area contributed by atoms with Crippen LogP contribution in [0.4, 0.5) is 0 Å². The summed E-state index contributed by atoms with van der Waals surface area (Å²) in [5.74, 6) is 1.33. The molecule has 0 radical (unpaired) electrons. The molecule has 1 rings (SSSR count). The van der Waals surface area contributed by atoms with Gasteiger partial charge in [-0.05, 0) is 31.4 Å². The van der Waals surface area contributed by atoms with Crippen molar-refractivity contribution in [2.75, 3.05) is 12.3 Å². The van der Waals surface area contributed by atoms with E-state index in [1.807, 2.05) is 6.07 Å². The van der Waals surface area contributed by atoms with Crippen molar-refractivity contribution < 1.29 is 4.21 Å². The summed E-state index contributed by atoms with van der Waals surface area (Å²) in [6, 6.07) is 10.6. The summed E-state index contributed by atoms with van der Waals surface area (Å²) in [5, 5.41) is 3.70. The van der Waals surface area contributed by atoms with Gasteiger partial charge in [-0.3, -0.25) is 4.21 Å². The lowest BCUT2D eigenvalue weighted by Gasteiger charge is -2.26. The smallest absolute Gasteiger partial charge is 0.0514 e. The third kappa shape index (κ3) is 5.37. The van der Waals surface area contributed by atoms with E-state index >= 15 is 0 Å². The predicted octanol–water partition coefficient (Wildman–Crippen LogP) is 3.91. The first-order chi connectivity index (χ1) is 9.60. The summed E-state index contributed by atoms with van der Waals surface area (Å²) < 4.78 is 12.6. The Labute approximate surface area is 126 Å². The van der Waals surface area contributed by atoms with Crippen molar-refractivity contribution in [2.24, 2.45) is 5.92 Å². The molecular formula is C17H29NOS. The van der Waals surface area contributed by atoms with Gasteiger partial charge in [-0.25, -0.2) is 0 Å². The molecule has 0 aliphatic carbocycles. The molecule has 0 aliphatic rings. The fourth-order valence-electron chi connectivity index (χ4n) is 2.22. The van der Waals surface area contributed by atoms with Crippen molar-refractivity contribution >= 4 is 10.8 Å². The van der Waals surface area contributed by atoms with Crippen LogP contribution in [0.1, 0.15) is 52.1 Å². The number of hydrogen-bond donors (Lipinski definition) is 1. The van der Waals surface area contributed by atoms with E-state index in [1.54, 1.807) is 0 Å². The highest BCUT2D eigenvalue weighted by atomic mass is 32.2. The summed E-state index contributed by atoms with van der Waals surface area (Å²) in [6.07, 6.45) is 2.19. The van der Waals surface area contributed by atoms with Gasteiger partial charge in [0.15, 0.2) is 0 Å². The van der Waals surface area contributed by atoms with Crippen molar-refractivity contribution in [3.8, 4) is 0 Å². The van der Waals surface area contributed by atoms with E-state index in [4.69, 9.17) is 0 Å². The van der Waals surface area contributed by atoms with E-state index in [9.17, 15) is 4.21 Å². The molecule has 1 N–H and O–H groups in total. The second-order valence-corrected chi connectivity index (χ2v) is 7.45. The average Bonchev–Trinajstić information content (AvgIpc) is 2.48. The fraction of sp³-hybridized carbons (Fsp3) is 0.647. The van der Waals surface area contributed by atoms with E-state index in [0.29, 0.717) is 5.92 Å². The molecule has 1 aromatic rings. The topological polar surface area (TPSA) is 29.1 Å². The van der Waals surface area contributed by atoms with Crippen LogP contribution in [0.5, 0.6) is 0 Å². The van der Waals surface area contributed by atoms with E-state index < -0.39 is 10.8 Å². The van der Waals surface area contributed by atoms with Crippen molar-refractivity contribution in [1.82, 2.24) is 5.32 Å². The zero-order valence-electron chi connectivity index (χ0n) is 13.3. The zero-order chi connectivity index (χ0) is 15.0. The summed E-state index contributed by atoms with van der Waals surface area (Å²) >= 11 is 0. The van der Waals surface area contributed by atoms with Crippen LogP contribution in [-0.2, 0) is 10.8 Å². The second kappa shape index (κ2) is 9.30. The van der Waals surface area contributed by atoms with E-state index in [0.717, 1.165) is 25.1 Å². The van der Waals surface area contributed by atoms with E-state index in [1.165, 1.54) is 5.56 Å². The molecular weight excluding hydrogens is 266 g/mol. The molecule has 3 heteroatoms. The maximum Gasteiger partial charge on any atom is 0.0514 e. The van der Waals surface area contributed by atoms with Gasteiger partial charge in [0.05, 0.1) is 5.25 Å². The molecule has 2 nitrogen and oxygen atoms in total. The maximum absolute atomic E-state index is 12.6. The van der Waals surface area contributed by atoms with Gasteiger partial charge in [0.2, 0.25) is 0 Å². The van der Waals surface area contributed by atoms with Crippen LogP contribution in [0.3, 0.4) is 0 Å². The molecule has 0 aliphatic heterocycles. The van der Waals surface area contributed by atoms with Gasteiger partial charge in [-0.2, -0.15) is 0 Å². The van der Waals surface area contributed by atoms with Crippen LogP contribution in [0.15, 0.2) is 30.3 Å². The van der Waals surface area contributed by atoms with Crippen molar-refractivity contribution in [1.29, 1.82) is 0 Å². The van der Waals surface area contributed by atoms with Crippen molar-refractivity contribution in [2.45, 2.75) is 51.8 Å². The monoisotopic (exact) mass is 295 g/mol. The molecule has 4 unspecified atom stereocenters. The highest BCUT2D eigenvalue weighted by molar-refractivity contribution is 7.85. The van der Waals surface area contributed by atoms with Gasteiger partial charge >= 0.3 is 0 Å². The Morgan fingerprint density at radius 1 is 1.15 bits per heavy atom. The Balaban J connectivity index is 2.79. The first-order valence-corrected chi connectivity index (χ1v) is 9.13. The Hall–Kier alpha value is -0.670. The Bertz CT molecular complexity index is 393. The fourth-order valence-corrected chi connectivity index (χ4v) is 3.87. The highest BCUT2D eigenvalue weighted by Gasteiger charge is 2.24. The van der Waals surface area contributed by atoms with E-state index in [2.05, 4.69) is 57.3 Å². The molecule has 1 aromatic carbocycles. The quantitative estimate of drug-likeness (QED) is 0.748. The van der Waals surface area contributed by atoms with Gasteiger partial charge < -0.3 is 5.32 Å². The molecule has 0 spiro atoms. The molecule has 0 saturated heterocycles. The summed E-state index contributed by atoms with van der Waals surface area (Å²) in [4.78, 5) is 0. The number of benzene rings is 1. The minimum Gasteiger partial charge on any atom is -0.309 e. The summed E-state index contributed by atoms with van der Waals surface area (Å²) in [7, 11) is -0.791. The third-order valence-corrected chi connectivity index (χ3v) is 5.80. The third-order valence-electron chi connectivity index (χ3n) is 3.80. The lowest BCUT2D eigenvalue weighted by Crippen LogP contribution is -2.35. The first-order valence-electron chi connectivity index (χ1n) is 7.75. The van der Waals surface area contributed by atoms with E-state index in [-0.39, 0.29) is 11.3 Å². The zero-order valence-corrected chi connectivity index (χ0v) is 14.1. The standard InChI is InChI=1S/C17H29NOS/c1-5-12-18-17(16-10-8-7-9-11-16)15(4)20(19)13-14(3)6-2/h7-11,14-15,17-18H,5-6,12-13H2,1-4H3. The SMILES string of the molecule is CCCNC(c1ccccc1)C(C)S(=O)CC(C)CC. The average molecular weight is 295 g/mol. The molecule has 0 saturated carbocycles. The Morgan fingerprint density at radius 2 is 1.80 bits per heavy atom. The second-order valence-electron chi connectivity index (χ2n) is 5.61. The van der Waals surface area contributed by atoms with Crippen LogP contribution in [0.2, 0.25) is 0 Å². The van der Waals surface area contributed by atoms with Crippen molar-refractivity contribution in [3.63, 3.8) is 0 Å². The minimum atomic E-state index is -0.791. The van der Waals surface area contributed by atoms with Crippen LogP contribution in [-0.4, -0.2) is 21.8 Å². The van der Waals surface area contributed by atoms with Gasteiger partial charge in [-0.1, -0.05) is 57.5 Å². The molecule has 0 heterocycles. The predicted molar refractivity (Wildman–Crippen MR) is 89.4 cm³/mol. The van der Waals surface area contributed by atoms with Gasteiger partial charge in [0, 0.05) is 22.6 Å². The molecule has 20 heavy (non-hydrogen) atoms. The Kier molecular flexibility index (Phi) is 8.08. The molecule has 0 aromatic heterocycles. The molecule has 4 atom stereocenters. The lowest BCUT2D eigenvalue weighted by molar-refractivity contribution is 0.514. The Morgan fingerprint density at radius 3 is 2.35 bits per heavy atom. The number of nitrogens with one attached hydrogen (secondary N) is 1. The van der Waals surface area contributed by atoms with Gasteiger partial charge in [0.1, 0.15) is 0 Å². The van der Waals surface area contributed by atoms with Crippen molar-refractivity contribution in [3.05, 3.63) is 35.9 Å². The molecule has 0 bridgehead atoms. The minimum absolute atomic E-state index is 0.137. The normalized spacial score (nSPS) is 17.4.